The van der Waals surface area contributed by atoms with E-state index in [0.29, 0.717) is 34.0 Å². The number of rotatable bonds is 6. The number of hydrogen-bond acceptors (Lipinski definition) is 9. The van der Waals surface area contributed by atoms with Crippen LogP contribution in [0.3, 0.4) is 0 Å². The molecule has 7 nitrogen and oxygen atoms in total. The number of carbonyl (C=O) groups excluding carboxylic acids is 1. The Bertz CT molecular complexity index is 1550. The van der Waals surface area contributed by atoms with Crippen LogP contribution in [-0.4, -0.2) is 54.9 Å². The Morgan fingerprint density at radius 3 is 1.40 bits per heavy atom. The zero-order valence-electron chi connectivity index (χ0n) is 22.9. The molecule has 0 saturated carbocycles. The molecule has 0 spiro atoms. The first kappa shape index (κ1) is 28.2. The molecule has 0 radical (unpaired) electrons. The van der Waals surface area contributed by atoms with Crippen molar-refractivity contribution in [3.05, 3.63) is 108 Å². The van der Waals surface area contributed by atoms with E-state index in [0.717, 1.165) is 9.79 Å². The third-order valence-corrected chi connectivity index (χ3v) is 10.6. The monoisotopic (exact) mass is 596 g/mol. The number of hydrogen-bond donors (Lipinski definition) is 2. The number of benzene rings is 4. The van der Waals surface area contributed by atoms with Crippen molar-refractivity contribution < 1.29 is 24.5 Å². The molecule has 2 N–H and O–H groups in total. The van der Waals surface area contributed by atoms with Gasteiger partial charge in [0, 0.05) is 22.2 Å². The molecular weight excluding hydrogens is 569 g/mol. The number of aliphatic hydroxyl groups excluding tert-OH is 2. The first-order chi connectivity index (χ1) is 20.4. The maximum absolute atomic E-state index is 15.7. The molecular formula is C33H28N2O5S2. The highest BCUT2D eigenvalue weighted by Gasteiger charge is 2.60. The standard InChI is InChI=1S/C33H28N2O5S2/c1-39-23-15-11-21(12-16-23)32(29(36)19-34-25-7-3-5-9-27(25)41-32)31(38)33(22-13-17-24(40-2)18-14-22)30(37)20-35-26-8-4-6-10-28(26)42-33/h3-20,29-30,36-37H,1-2H3. The average molecular weight is 597 g/mol. The third kappa shape index (κ3) is 4.62. The van der Waals surface area contributed by atoms with E-state index in [4.69, 9.17) is 9.47 Å². The zero-order valence-corrected chi connectivity index (χ0v) is 24.5. The SMILES string of the molecule is COc1ccc(C2(C(=O)C3(c4ccc(OC)cc4)Sc4ccccc4N=CC3O)Sc3ccccc3N=CC2O)cc1. The number of para-hydroxylation sites is 2. The molecule has 4 aromatic carbocycles. The molecule has 4 unspecified atom stereocenters. The molecule has 2 aliphatic heterocycles. The second-order valence-corrected chi connectivity index (χ2v) is 12.4. The average Bonchev–Trinajstić information content (AvgIpc) is 3.29. The van der Waals surface area contributed by atoms with Crippen molar-refractivity contribution in [1.82, 2.24) is 0 Å². The quantitative estimate of drug-likeness (QED) is 0.277. The Balaban J connectivity index is 1.64. The minimum absolute atomic E-state index is 0.411. The molecule has 0 aliphatic carbocycles. The molecule has 0 amide bonds. The largest absolute Gasteiger partial charge is 0.497 e. The van der Waals surface area contributed by atoms with Crippen molar-refractivity contribution in [1.29, 1.82) is 0 Å². The van der Waals surface area contributed by atoms with Gasteiger partial charge in [-0.05, 0) is 59.7 Å². The fourth-order valence-electron chi connectivity index (χ4n) is 5.32. The molecule has 2 heterocycles. The molecule has 6 rings (SSSR count). The van der Waals surface area contributed by atoms with Crippen molar-refractivity contribution in [3.63, 3.8) is 0 Å². The van der Waals surface area contributed by atoms with E-state index in [-0.39, 0.29) is 0 Å². The van der Waals surface area contributed by atoms with Crippen LogP contribution >= 0.6 is 23.5 Å². The summed E-state index contributed by atoms with van der Waals surface area (Å²) in [4.78, 5) is 26.3. The van der Waals surface area contributed by atoms with Gasteiger partial charge in [0.1, 0.15) is 33.2 Å². The van der Waals surface area contributed by atoms with Gasteiger partial charge in [-0.25, -0.2) is 0 Å². The normalized spacial score (nSPS) is 24.6. The number of carbonyl (C=O) groups is 1. The number of fused-ring (bicyclic) bond motifs is 2. The van der Waals surface area contributed by atoms with E-state index in [2.05, 4.69) is 9.98 Å². The summed E-state index contributed by atoms with van der Waals surface area (Å²) in [6, 6.07) is 29.1. The van der Waals surface area contributed by atoms with E-state index < -0.39 is 27.5 Å². The van der Waals surface area contributed by atoms with Crippen LogP contribution in [0, 0.1) is 0 Å². The van der Waals surface area contributed by atoms with Crippen LogP contribution in [0.4, 0.5) is 11.4 Å². The molecule has 42 heavy (non-hydrogen) atoms. The minimum Gasteiger partial charge on any atom is -0.497 e. The van der Waals surface area contributed by atoms with E-state index >= 15 is 4.79 Å². The van der Waals surface area contributed by atoms with Gasteiger partial charge < -0.3 is 19.7 Å². The molecule has 2 aliphatic rings. The Morgan fingerprint density at radius 1 is 0.643 bits per heavy atom. The predicted octanol–water partition coefficient (Wildman–Crippen LogP) is 6.10. The van der Waals surface area contributed by atoms with Crippen LogP contribution in [0.2, 0.25) is 0 Å². The van der Waals surface area contributed by atoms with Crippen LogP contribution < -0.4 is 9.47 Å². The van der Waals surface area contributed by atoms with Gasteiger partial charge in [0.15, 0.2) is 5.78 Å². The lowest BCUT2D eigenvalue weighted by Gasteiger charge is -2.44. The van der Waals surface area contributed by atoms with Crippen molar-refractivity contribution >= 4 is 53.1 Å². The van der Waals surface area contributed by atoms with Crippen LogP contribution in [0.1, 0.15) is 11.1 Å². The van der Waals surface area contributed by atoms with Crippen molar-refractivity contribution in [2.24, 2.45) is 9.98 Å². The Labute approximate surface area is 252 Å². The number of Topliss-reactive ketones (excluding diaryl/α,β-unsaturated/α-hetero) is 1. The second kappa shape index (κ2) is 11.4. The number of aliphatic hydroxyl groups is 2. The summed E-state index contributed by atoms with van der Waals surface area (Å²) in [5.41, 5.74) is 2.38. The first-order valence-corrected chi connectivity index (χ1v) is 14.9. The van der Waals surface area contributed by atoms with Crippen LogP contribution in [-0.2, 0) is 14.3 Å². The van der Waals surface area contributed by atoms with Crippen molar-refractivity contribution in [3.8, 4) is 11.5 Å². The number of ketones is 1. The van der Waals surface area contributed by atoms with Gasteiger partial charge in [-0.3, -0.25) is 14.8 Å². The smallest absolute Gasteiger partial charge is 0.180 e. The highest BCUT2D eigenvalue weighted by Crippen LogP contribution is 2.58. The second-order valence-electron chi connectivity index (χ2n) is 9.84. The summed E-state index contributed by atoms with van der Waals surface area (Å²) < 4.78 is 7.56. The fraction of sp³-hybridized carbons (Fsp3) is 0.182. The van der Waals surface area contributed by atoms with E-state index in [1.165, 1.54) is 36.0 Å². The van der Waals surface area contributed by atoms with Gasteiger partial charge in [-0.2, -0.15) is 0 Å². The summed E-state index contributed by atoms with van der Waals surface area (Å²) >= 11 is 2.47. The molecule has 4 atom stereocenters. The minimum atomic E-state index is -1.62. The fourth-order valence-corrected chi connectivity index (χ4v) is 8.20. The van der Waals surface area contributed by atoms with E-state index in [1.807, 2.05) is 48.5 Å². The summed E-state index contributed by atoms with van der Waals surface area (Å²) in [7, 11) is 3.14. The Kier molecular flexibility index (Phi) is 7.67. The lowest BCUT2D eigenvalue weighted by Crippen LogP contribution is -2.57. The van der Waals surface area contributed by atoms with Gasteiger partial charge in [-0.1, -0.05) is 48.5 Å². The number of aliphatic imine (C=N–C) groups is 2. The summed E-state index contributed by atoms with van der Waals surface area (Å²) in [5, 5.41) is 24.0. The van der Waals surface area contributed by atoms with Gasteiger partial charge in [-0.15, -0.1) is 23.5 Å². The predicted molar refractivity (Wildman–Crippen MR) is 167 cm³/mol. The Hall–Kier alpha value is -3.89. The summed E-state index contributed by atoms with van der Waals surface area (Å²) in [5.74, 6) is 0.809. The molecule has 0 fully saturated rings. The zero-order chi connectivity index (χ0) is 29.3. The molecule has 9 heteroatoms. The third-order valence-electron chi connectivity index (χ3n) is 7.53. The van der Waals surface area contributed by atoms with Crippen LogP contribution in [0.5, 0.6) is 11.5 Å². The lowest BCUT2D eigenvalue weighted by atomic mass is 9.77. The van der Waals surface area contributed by atoms with Crippen LogP contribution in [0.15, 0.2) is 117 Å². The number of nitrogens with zero attached hydrogens (tertiary/aromatic N) is 2. The molecule has 4 aromatic rings. The first-order valence-electron chi connectivity index (χ1n) is 13.3. The van der Waals surface area contributed by atoms with Crippen molar-refractivity contribution in [2.45, 2.75) is 31.5 Å². The van der Waals surface area contributed by atoms with Crippen molar-refractivity contribution in [2.75, 3.05) is 14.2 Å². The number of ether oxygens (including phenoxy) is 2. The summed E-state index contributed by atoms with van der Waals surface area (Å²) in [6.07, 6.45) is 0.125. The molecule has 212 valence electrons. The van der Waals surface area contributed by atoms with Gasteiger partial charge >= 0.3 is 0 Å². The summed E-state index contributed by atoms with van der Waals surface area (Å²) in [6.45, 7) is 0. The van der Waals surface area contributed by atoms with E-state index in [9.17, 15) is 10.2 Å². The highest BCUT2D eigenvalue weighted by molar-refractivity contribution is 8.03. The maximum Gasteiger partial charge on any atom is 0.180 e. The van der Waals surface area contributed by atoms with Gasteiger partial charge in [0.2, 0.25) is 0 Å². The molecule has 0 aromatic heterocycles. The topological polar surface area (TPSA) is 101 Å². The van der Waals surface area contributed by atoms with E-state index in [1.54, 1.807) is 62.8 Å². The molecule has 0 bridgehead atoms. The van der Waals surface area contributed by atoms with Gasteiger partial charge in [0.05, 0.1) is 25.6 Å². The molecule has 0 saturated heterocycles. The lowest BCUT2D eigenvalue weighted by molar-refractivity contribution is -0.127. The van der Waals surface area contributed by atoms with Crippen LogP contribution in [0.25, 0.3) is 0 Å². The Morgan fingerprint density at radius 2 is 1.02 bits per heavy atom. The highest BCUT2D eigenvalue weighted by atomic mass is 32.2. The number of methoxy groups -OCH3 is 2. The number of thioether (sulfide) groups is 2. The van der Waals surface area contributed by atoms with Gasteiger partial charge in [0.25, 0.3) is 0 Å². The maximum atomic E-state index is 15.7.